The summed E-state index contributed by atoms with van der Waals surface area (Å²) in [6.45, 7) is 0.0638. The number of aromatic nitrogens is 3. The average molecular weight is 264 g/mol. The SMILES string of the molecule is Nc1c(Cn2cnc([N+](=O)[O-])n2)cccc1[N+](=O)[O-]. The monoisotopic (exact) mass is 264 g/mol. The van der Waals surface area contributed by atoms with E-state index in [9.17, 15) is 20.2 Å². The lowest BCUT2D eigenvalue weighted by atomic mass is 10.1. The summed E-state index contributed by atoms with van der Waals surface area (Å²) in [6.07, 6.45) is 1.16. The van der Waals surface area contributed by atoms with Crippen molar-refractivity contribution >= 4 is 17.3 Å². The molecule has 0 amide bonds. The molecule has 2 aromatic rings. The van der Waals surface area contributed by atoms with Crippen LogP contribution >= 0.6 is 0 Å². The van der Waals surface area contributed by atoms with E-state index in [0.717, 1.165) is 6.33 Å². The van der Waals surface area contributed by atoms with E-state index in [1.54, 1.807) is 6.07 Å². The van der Waals surface area contributed by atoms with E-state index in [1.807, 2.05) is 0 Å². The second kappa shape index (κ2) is 4.68. The summed E-state index contributed by atoms with van der Waals surface area (Å²) in [5, 5.41) is 24.8. The van der Waals surface area contributed by atoms with Gasteiger partial charge in [-0.25, -0.2) is 0 Å². The lowest BCUT2D eigenvalue weighted by Crippen LogP contribution is -2.06. The van der Waals surface area contributed by atoms with E-state index in [2.05, 4.69) is 10.1 Å². The molecule has 0 aliphatic carbocycles. The highest BCUT2D eigenvalue weighted by Crippen LogP contribution is 2.25. The number of nitro groups is 2. The molecule has 0 atom stereocenters. The molecule has 98 valence electrons. The Morgan fingerprint density at radius 3 is 2.58 bits per heavy atom. The smallest absolute Gasteiger partial charge is 0.393 e. The van der Waals surface area contributed by atoms with Crippen molar-refractivity contribution in [2.75, 3.05) is 5.73 Å². The molecule has 0 saturated carbocycles. The van der Waals surface area contributed by atoms with Gasteiger partial charge in [0, 0.05) is 16.7 Å². The first kappa shape index (κ1) is 12.4. The number of nitrogen functional groups attached to an aromatic ring is 1. The van der Waals surface area contributed by atoms with Crippen molar-refractivity contribution in [2.24, 2.45) is 0 Å². The summed E-state index contributed by atoms with van der Waals surface area (Å²) < 4.78 is 1.19. The van der Waals surface area contributed by atoms with Gasteiger partial charge in [-0.1, -0.05) is 17.1 Å². The molecule has 10 heteroatoms. The fourth-order valence-electron chi connectivity index (χ4n) is 1.52. The van der Waals surface area contributed by atoms with Crippen molar-refractivity contribution in [2.45, 2.75) is 6.54 Å². The van der Waals surface area contributed by atoms with Crippen molar-refractivity contribution in [3.63, 3.8) is 0 Å². The van der Waals surface area contributed by atoms with Crippen molar-refractivity contribution in [3.05, 3.63) is 50.3 Å². The number of hydrogen-bond acceptors (Lipinski definition) is 7. The van der Waals surface area contributed by atoms with Crippen LogP contribution in [0.3, 0.4) is 0 Å². The van der Waals surface area contributed by atoms with E-state index in [1.165, 1.54) is 16.8 Å². The van der Waals surface area contributed by atoms with Gasteiger partial charge in [-0.3, -0.25) is 10.1 Å². The minimum absolute atomic E-state index is 0.00523. The number of nitrogens with zero attached hydrogens (tertiary/aromatic N) is 5. The predicted octanol–water partition coefficient (Wildman–Crippen LogP) is 0.725. The van der Waals surface area contributed by atoms with Gasteiger partial charge in [-0.05, 0) is 4.92 Å². The van der Waals surface area contributed by atoms with Gasteiger partial charge in [0.05, 0.1) is 11.5 Å². The van der Waals surface area contributed by atoms with Gasteiger partial charge < -0.3 is 15.8 Å². The molecule has 0 radical (unpaired) electrons. The Hall–Kier alpha value is -3.04. The summed E-state index contributed by atoms with van der Waals surface area (Å²) in [4.78, 5) is 23.3. The van der Waals surface area contributed by atoms with Gasteiger partial charge in [-0.15, -0.1) is 0 Å². The third kappa shape index (κ3) is 2.46. The molecule has 2 N–H and O–H groups in total. The van der Waals surface area contributed by atoms with E-state index in [-0.39, 0.29) is 17.9 Å². The molecule has 0 fully saturated rings. The molecule has 19 heavy (non-hydrogen) atoms. The molecule has 0 unspecified atom stereocenters. The van der Waals surface area contributed by atoms with Crippen molar-refractivity contribution in [3.8, 4) is 0 Å². The average Bonchev–Trinajstić information content (AvgIpc) is 2.80. The van der Waals surface area contributed by atoms with Gasteiger partial charge >= 0.3 is 5.95 Å². The van der Waals surface area contributed by atoms with Crippen LogP contribution < -0.4 is 5.73 Å². The highest BCUT2D eigenvalue weighted by atomic mass is 16.6. The number of para-hydroxylation sites is 1. The van der Waals surface area contributed by atoms with Gasteiger partial charge in [0.1, 0.15) is 5.69 Å². The van der Waals surface area contributed by atoms with Crippen LogP contribution in [0.4, 0.5) is 17.3 Å². The fraction of sp³-hybridized carbons (Fsp3) is 0.111. The Morgan fingerprint density at radius 1 is 1.26 bits per heavy atom. The van der Waals surface area contributed by atoms with Crippen molar-refractivity contribution in [1.29, 1.82) is 0 Å². The zero-order valence-corrected chi connectivity index (χ0v) is 9.46. The lowest BCUT2D eigenvalue weighted by Gasteiger charge is -2.03. The van der Waals surface area contributed by atoms with Crippen molar-refractivity contribution in [1.82, 2.24) is 14.8 Å². The highest BCUT2D eigenvalue weighted by Gasteiger charge is 2.17. The van der Waals surface area contributed by atoms with Crippen LogP contribution in [0.15, 0.2) is 24.5 Å². The van der Waals surface area contributed by atoms with Gasteiger partial charge in [0.15, 0.2) is 0 Å². The number of benzene rings is 1. The van der Waals surface area contributed by atoms with Crippen LogP contribution in [0, 0.1) is 20.2 Å². The quantitative estimate of drug-likeness (QED) is 0.486. The summed E-state index contributed by atoms with van der Waals surface area (Å²) in [6, 6.07) is 4.34. The maximum Gasteiger partial charge on any atom is 0.490 e. The number of nitrogens with two attached hydrogens (primary N) is 1. The Bertz CT molecular complexity index is 652. The Morgan fingerprint density at radius 2 is 2.00 bits per heavy atom. The molecule has 0 aliphatic rings. The first-order chi connectivity index (χ1) is 8.99. The van der Waals surface area contributed by atoms with Gasteiger partial charge in [0.2, 0.25) is 6.33 Å². The molecule has 0 bridgehead atoms. The Balaban J connectivity index is 2.30. The van der Waals surface area contributed by atoms with Gasteiger partial charge in [0.25, 0.3) is 5.69 Å². The molecule has 1 heterocycles. The van der Waals surface area contributed by atoms with Crippen LogP contribution in [0.2, 0.25) is 0 Å². The van der Waals surface area contributed by atoms with E-state index >= 15 is 0 Å². The summed E-state index contributed by atoms with van der Waals surface area (Å²) in [5.74, 6) is -0.538. The van der Waals surface area contributed by atoms with Crippen LogP contribution in [-0.2, 0) is 6.54 Å². The van der Waals surface area contributed by atoms with Crippen LogP contribution in [-0.4, -0.2) is 24.6 Å². The molecule has 1 aromatic carbocycles. The molecule has 2 rings (SSSR count). The molecular formula is C9H8N6O4. The number of nitro benzene ring substituents is 1. The van der Waals surface area contributed by atoms with E-state index < -0.39 is 15.8 Å². The van der Waals surface area contributed by atoms with Gasteiger partial charge in [-0.2, -0.15) is 4.68 Å². The van der Waals surface area contributed by atoms with Crippen LogP contribution in [0.1, 0.15) is 5.56 Å². The normalized spacial score (nSPS) is 10.3. The van der Waals surface area contributed by atoms with Crippen LogP contribution in [0.25, 0.3) is 0 Å². The van der Waals surface area contributed by atoms with E-state index in [0.29, 0.717) is 5.56 Å². The third-order valence-corrected chi connectivity index (χ3v) is 2.39. The number of anilines is 1. The molecule has 0 spiro atoms. The van der Waals surface area contributed by atoms with E-state index in [4.69, 9.17) is 5.73 Å². The van der Waals surface area contributed by atoms with Crippen LogP contribution in [0.5, 0.6) is 0 Å². The highest BCUT2D eigenvalue weighted by molar-refractivity contribution is 5.62. The molecule has 0 saturated heterocycles. The second-order valence-electron chi connectivity index (χ2n) is 3.61. The maximum atomic E-state index is 10.7. The maximum absolute atomic E-state index is 10.7. The summed E-state index contributed by atoms with van der Waals surface area (Å²) in [5.41, 5.74) is 5.89. The molecule has 1 aromatic heterocycles. The largest absolute Gasteiger partial charge is 0.490 e. The molecular weight excluding hydrogens is 256 g/mol. The minimum atomic E-state index is -0.729. The second-order valence-corrected chi connectivity index (χ2v) is 3.61. The molecule has 0 aliphatic heterocycles. The number of rotatable bonds is 4. The Kier molecular flexibility index (Phi) is 3.06. The zero-order valence-electron chi connectivity index (χ0n) is 9.46. The Labute approximate surface area is 105 Å². The molecule has 10 nitrogen and oxygen atoms in total. The summed E-state index contributed by atoms with van der Waals surface area (Å²) in [7, 11) is 0. The zero-order chi connectivity index (χ0) is 14.0. The predicted molar refractivity (Wildman–Crippen MR) is 63.3 cm³/mol. The third-order valence-electron chi connectivity index (χ3n) is 2.39. The number of hydrogen-bond donors (Lipinski definition) is 1. The first-order valence-electron chi connectivity index (χ1n) is 5.04. The topological polar surface area (TPSA) is 143 Å². The fourth-order valence-corrected chi connectivity index (χ4v) is 1.52. The summed E-state index contributed by atoms with van der Waals surface area (Å²) >= 11 is 0. The minimum Gasteiger partial charge on any atom is -0.393 e. The first-order valence-corrected chi connectivity index (χ1v) is 5.04. The van der Waals surface area contributed by atoms with Crippen molar-refractivity contribution < 1.29 is 9.85 Å². The standard InChI is InChI=1S/C9H8N6O4/c10-8-6(2-1-3-7(8)14(16)17)4-13-5-11-9(12-13)15(18)19/h1-3,5H,4,10H2. The lowest BCUT2D eigenvalue weighted by molar-refractivity contribution is -0.394.